The Morgan fingerprint density at radius 1 is 1.25 bits per heavy atom. The molecule has 86 valence electrons. The highest BCUT2D eigenvalue weighted by Gasteiger charge is 2.01. The van der Waals surface area contributed by atoms with E-state index >= 15 is 0 Å². The van der Waals surface area contributed by atoms with Crippen LogP contribution >= 0.6 is 0 Å². The predicted octanol–water partition coefficient (Wildman–Crippen LogP) is 1.49. The summed E-state index contributed by atoms with van der Waals surface area (Å²) in [4.78, 5) is 21.9. The van der Waals surface area contributed by atoms with Gasteiger partial charge in [-0.2, -0.15) is 0 Å². The van der Waals surface area contributed by atoms with E-state index in [0.717, 1.165) is 0 Å². The van der Waals surface area contributed by atoms with Gasteiger partial charge in [0.05, 0.1) is 0 Å². The number of phenols is 1. The first-order chi connectivity index (χ1) is 7.58. The monoisotopic (exact) mass is 222 g/mol. The molecule has 0 aliphatic carbocycles. The van der Waals surface area contributed by atoms with Crippen molar-refractivity contribution in [2.24, 2.45) is 0 Å². The van der Waals surface area contributed by atoms with Gasteiger partial charge < -0.3 is 15.7 Å². The summed E-state index contributed by atoms with van der Waals surface area (Å²) in [6.45, 7) is 1.79. The molecule has 0 aromatic heterocycles. The number of Topliss-reactive ketones (excluding diaryl/α,β-unsaturated/α-hetero) is 1. The van der Waals surface area contributed by atoms with Crippen molar-refractivity contribution in [2.45, 2.75) is 13.3 Å². The Labute approximate surface area is 93.5 Å². The Hall–Kier alpha value is -2.04. The number of urea groups is 1. The third-order valence-corrected chi connectivity index (χ3v) is 1.89. The van der Waals surface area contributed by atoms with Crippen LogP contribution in [0.25, 0.3) is 0 Å². The van der Waals surface area contributed by atoms with E-state index in [2.05, 4.69) is 10.6 Å². The van der Waals surface area contributed by atoms with Crippen LogP contribution in [0.1, 0.15) is 13.3 Å². The Balaban J connectivity index is 2.34. The first-order valence-electron chi connectivity index (χ1n) is 4.91. The van der Waals surface area contributed by atoms with E-state index in [1.807, 2.05) is 0 Å². The van der Waals surface area contributed by atoms with Gasteiger partial charge >= 0.3 is 6.03 Å². The molecule has 1 aromatic carbocycles. The summed E-state index contributed by atoms with van der Waals surface area (Å²) in [6.07, 6.45) is 0.322. The van der Waals surface area contributed by atoms with Gasteiger partial charge in [0.2, 0.25) is 0 Å². The highest BCUT2D eigenvalue weighted by molar-refractivity contribution is 5.89. The zero-order valence-corrected chi connectivity index (χ0v) is 8.99. The molecule has 5 heteroatoms. The van der Waals surface area contributed by atoms with E-state index in [4.69, 9.17) is 5.11 Å². The van der Waals surface area contributed by atoms with Crippen LogP contribution in [0.5, 0.6) is 5.75 Å². The average Bonchev–Trinajstić information content (AvgIpc) is 2.21. The number of ketones is 1. The van der Waals surface area contributed by atoms with E-state index in [1.165, 1.54) is 19.1 Å². The minimum Gasteiger partial charge on any atom is -0.508 e. The molecule has 0 fully saturated rings. The van der Waals surface area contributed by atoms with E-state index in [-0.39, 0.29) is 17.6 Å². The lowest BCUT2D eigenvalue weighted by atomic mass is 10.3. The van der Waals surface area contributed by atoms with E-state index in [1.54, 1.807) is 12.1 Å². The second-order valence-corrected chi connectivity index (χ2v) is 3.38. The van der Waals surface area contributed by atoms with Gasteiger partial charge in [-0.15, -0.1) is 0 Å². The second-order valence-electron chi connectivity index (χ2n) is 3.38. The fourth-order valence-corrected chi connectivity index (χ4v) is 1.07. The molecular formula is C11H14N2O3. The van der Waals surface area contributed by atoms with Crippen molar-refractivity contribution in [2.75, 3.05) is 11.9 Å². The lowest BCUT2D eigenvalue weighted by Gasteiger charge is -2.06. The van der Waals surface area contributed by atoms with Gasteiger partial charge in [0.15, 0.2) is 0 Å². The number of hydrogen-bond donors (Lipinski definition) is 3. The Kier molecular flexibility index (Phi) is 4.32. The molecule has 0 atom stereocenters. The molecule has 1 rings (SSSR count). The number of hydrogen-bond acceptors (Lipinski definition) is 3. The molecule has 5 nitrogen and oxygen atoms in total. The number of carbonyl (C=O) groups excluding carboxylic acids is 2. The molecule has 0 aliphatic rings. The topological polar surface area (TPSA) is 78.4 Å². The standard InChI is InChI=1S/C11H14N2O3/c1-8(14)6-7-12-11(16)13-9-2-4-10(15)5-3-9/h2-5,15H,6-7H2,1H3,(H2,12,13,16). The second kappa shape index (κ2) is 5.75. The van der Waals surface area contributed by atoms with Crippen LogP contribution in [0.3, 0.4) is 0 Å². The Morgan fingerprint density at radius 2 is 1.88 bits per heavy atom. The molecule has 2 amide bonds. The lowest BCUT2D eigenvalue weighted by molar-refractivity contribution is -0.116. The number of aromatic hydroxyl groups is 1. The van der Waals surface area contributed by atoms with Crippen LogP contribution in [-0.4, -0.2) is 23.5 Å². The molecule has 0 saturated heterocycles. The predicted molar refractivity (Wildman–Crippen MR) is 60.4 cm³/mol. The van der Waals surface area contributed by atoms with Gasteiger partial charge in [0.25, 0.3) is 0 Å². The van der Waals surface area contributed by atoms with Crippen LogP contribution in [0.2, 0.25) is 0 Å². The molecule has 1 aromatic rings. The first kappa shape index (κ1) is 12.0. The highest BCUT2D eigenvalue weighted by Crippen LogP contribution is 2.13. The van der Waals surface area contributed by atoms with Crippen molar-refractivity contribution in [3.63, 3.8) is 0 Å². The number of nitrogens with one attached hydrogen (secondary N) is 2. The molecule has 0 bridgehead atoms. The lowest BCUT2D eigenvalue weighted by Crippen LogP contribution is -2.30. The SMILES string of the molecule is CC(=O)CCNC(=O)Nc1ccc(O)cc1. The summed E-state index contributed by atoms with van der Waals surface area (Å²) >= 11 is 0. The number of carbonyl (C=O) groups is 2. The Bertz CT molecular complexity index is 373. The Morgan fingerprint density at radius 3 is 2.44 bits per heavy atom. The van der Waals surface area contributed by atoms with Crippen LogP contribution < -0.4 is 10.6 Å². The normalized spacial score (nSPS) is 9.56. The van der Waals surface area contributed by atoms with E-state index in [9.17, 15) is 9.59 Å². The fourth-order valence-electron chi connectivity index (χ4n) is 1.07. The zero-order valence-electron chi connectivity index (χ0n) is 8.99. The number of phenolic OH excluding ortho intramolecular Hbond substituents is 1. The van der Waals surface area contributed by atoms with Crippen LogP contribution in [-0.2, 0) is 4.79 Å². The summed E-state index contributed by atoms with van der Waals surface area (Å²) in [7, 11) is 0. The molecule has 0 radical (unpaired) electrons. The molecule has 0 spiro atoms. The van der Waals surface area contributed by atoms with E-state index in [0.29, 0.717) is 18.7 Å². The van der Waals surface area contributed by atoms with Gasteiger partial charge in [-0.1, -0.05) is 0 Å². The summed E-state index contributed by atoms with van der Waals surface area (Å²) in [5.41, 5.74) is 0.582. The van der Waals surface area contributed by atoms with Crippen molar-refractivity contribution < 1.29 is 14.7 Å². The number of rotatable bonds is 4. The first-order valence-corrected chi connectivity index (χ1v) is 4.91. The third kappa shape index (κ3) is 4.45. The molecular weight excluding hydrogens is 208 g/mol. The van der Waals surface area contributed by atoms with Crippen molar-refractivity contribution in [1.29, 1.82) is 0 Å². The number of anilines is 1. The van der Waals surface area contributed by atoms with Gasteiger partial charge in [0, 0.05) is 18.7 Å². The van der Waals surface area contributed by atoms with Gasteiger partial charge in [-0.3, -0.25) is 4.79 Å². The molecule has 0 unspecified atom stereocenters. The average molecular weight is 222 g/mol. The summed E-state index contributed by atoms with van der Waals surface area (Å²) < 4.78 is 0. The summed E-state index contributed by atoms with van der Waals surface area (Å²) in [5.74, 6) is 0.174. The van der Waals surface area contributed by atoms with Gasteiger partial charge in [-0.25, -0.2) is 4.79 Å². The molecule has 16 heavy (non-hydrogen) atoms. The molecule has 0 aliphatic heterocycles. The van der Waals surface area contributed by atoms with Crippen molar-refractivity contribution in [3.05, 3.63) is 24.3 Å². The maximum atomic E-state index is 11.3. The summed E-state index contributed by atoms with van der Waals surface area (Å²) in [6, 6.07) is 5.75. The maximum absolute atomic E-state index is 11.3. The van der Waals surface area contributed by atoms with Crippen molar-refractivity contribution in [1.82, 2.24) is 5.32 Å². The van der Waals surface area contributed by atoms with Crippen LogP contribution in [0.15, 0.2) is 24.3 Å². The zero-order chi connectivity index (χ0) is 12.0. The fraction of sp³-hybridized carbons (Fsp3) is 0.273. The van der Waals surface area contributed by atoms with E-state index < -0.39 is 0 Å². The largest absolute Gasteiger partial charge is 0.508 e. The van der Waals surface area contributed by atoms with Crippen LogP contribution in [0.4, 0.5) is 10.5 Å². The smallest absolute Gasteiger partial charge is 0.319 e. The molecule has 0 heterocycles. The minimum absolute atomic E-state index is 0.0323. The summed E-state index contributed by atoms with van der Waals surface area (Å²) in [5, 5.41) is 14.1. The van der Waals surface area contributed by atoms with Crippen LogP contribution in [0, 0.1) is 0 Å². The minimum atomic E-state index is -0.369. The number of benzene rings is 1. The maximum Gasteiger partial charge on any atom is 0.319 e. The third-order valence-electron chi connectivity index (χ3n) is 1.89. The van der Waals surface area contributed by atoms with Crippen molar-refractivity contribution in [3.8, 4) is 5.75 Å². The highest BCUT2D eigenvalue weighted by atomic mass is 16.3. The van der Waals surface area contributed by atoms with Gasteiger partial charge in [0.1, 0.15) is 11.5 Å². The van der Waals surface area contributed by atoms with Gasteiger partial charge in [-0.05, 0) is 31.2 Å². The molecule has 3 N–H and O–H groups in total. The molecule has 0 saturated carbocycles. The quantitative estimate of drug-likeness (QED) is 0.675. The number of amides is 2. The van der Waals surface area contributed by atoms with Crippen molar-refractivity contribution >= 4 is 17.5 Å².